The maximum Gasteiger partial charge on any atom is 0.242 e. The number of halogens is 3. The van der Waals surface area contributed by atoms with Crippen LogP contribution in [0.5, 0.6) is 0 Å². The zero-order valence-electron chi connectivity index (χ0n) is 11.4. The number of amides is 1. The van der Waals surface area contributed by atoms with E-state index < -0.39 is 6.04 Å². The summed E-state index contributed by atoms with van der Waals surface area (Å²) < 4.78 is 0.704. The molecule has 3 rings (SSSR count). The largest absolute Gasteiger partial charge is 0.320 e. The van der Waals surface area contributed by atoms with Gasteiger partial charge in [-0.1, -0.05) is 11.6 Å². The van der Waals surface area contributed by atoms with Gasteiger partial charge in [0.2, 0.25) is 5.91 Å². The average Bonchev–Trinajstić information content (AvgIpc) is 3.27. The smallest absolute Gasteiger partial charge is 0.242 e. The van der Waals surface area contributed by atoms with Crippen LogP contribution in [-0.4, -0.2) is 16.9 Å². The van der Waals surface area contributed by atoms with Crippen LogP contribution in [0.1, 0.15) is 25.7 Å². The van der Waals surface area contributed by atoms with Gasteiger partial charge in [0.05, 0.1) is 10.5 Å². The van der Waals surface area contributed by atoms with E-state index in [4.69, 9.17) is 17.3 Å². The maximum atomic E-state index is 12.3. The molecule has 116 valence electrons. The molecule has 2 saturated carbocycles. The summed E-state index contributed by atoms with van der Waals surface area (Å²) in [4.78, 5) is 16.4. The lowest BCUT2D eigenvalue weighted by Gasteiger charge is -2.22. The van der Waals surface area contributed by atoms with Gasteiger partial charge in [-0.15, -0.1) is 12.4 Å². The molecule has 2 aliphatic carbocycles. The van der Waals surface area contributed by atoms with Crippen LogP contribution in [0, 0.1) is 17.8 Å². The van der Waals surface area contributed by atoms with Gasteiger partial charge in [0, 0.05) is 0 Å². The van der Waals surface area contributed by atoms with E-state index in [0.29, 0.717) is 33.2 Å². The van der Waals surface area contributed by atoms with Gasteiger partial charge in [-0.25, -0.2) is 4.98 Å². The molecular formula is C14H18BrCl2N3O. The van der Waals surface area contributed by atoms with Gasteiger partial charge in [0.1, 0.15) is 11.0 Å². The minimum absolute atomic E-state index is 0. The van der Waals surface area contributed by atoms with Crippen molar-refractivity contribution in [2.45, 2.75) is 31.7 Å². The Bertz CT molecular complexity index is 523. The number of nitrogens with two attached hydrogens (primary N) is 1. The molecule has 0 aromatic carbocycles. The van der Waals surface area contributed by atoms with E-state index in [1.54, 1.807) is 12.1 Å². The third kappa shape index (κ3) is 4.09. The van der Waals surface area contributed by atoms with Crippen LogP contribution in [0.3, 0.4) is 0 Å². The van der Waals surface area contributed by atoms with Crippen molar-refractivity contribution >= 4 is 51.7 Å². The average molecular weight is 395 g/mol. The number of anilines is 1. The second-order valence-electron chi connectivity index (χ2n) is 5.74. The minimum atomic E-state index is -0.445. The van der Waals surface area contributed by atoms with E-state index in [2.05, 4.69) is 26.2 Å². The molecule has 1 heterocycles. The summed E-state index contributed by atoms with van der Waals surface area (Å²) >= 11 is 9.19. The predicted octanol–water partition coefficient (Wildman–Crippen LogP) is 3.62. The number of nitrogens with one attached hydrogen (secondary N) is 1. The zero-order chi connectivity index (χ0) is 14.3. The van der Waals surface area contributed by atoms with E-state index in [0.717, 1.165) is 0 Å². The summed E-state index contributed by atoms with van der Waals surface area (Å²) in [6.45, 7) is 0. The lowest BCUT2D eigenvalue weighted by molar-refractivity contribution is -0.118. The van der Waals surface area contributed by atoms with Gasteiger partial charge < -0.3 is 11.1 Å². The molecule has 0 spiro atoms. The van der Waals surface area contributed by atoms with Crippen LogP contribution < -0.4 is 11.1 Å². The van der Waals surface area contributed by atoms with Crippen molar-refractivity contribution in [3.63, 3.8) is 0 Å². The van der Waals surface area contributed by atoms with Crippen molar-refractivity contribution in [1.29, 1.82) is 0 Å². The number of aromatic nitrogens is 1. The quantitative estimate of drug-likeness (QED) is 0.749. The summed E-state index contributed by atoms with van der Waals surface area (Å²) in [6.07, 6.45) is 4.85. The molecule has 1 aromatic heterocycles. The molecule has 0 saturated heterocycles. The number of hydrogen-bond donors (Lipinski definition) is 2. The number of nitrogens with zero attached hydrogens (tertiary/aromatic N) is 1. The highest BCUT2D eigenvalue weighted by molar-refractivity contribution is 9.10. The Morgan fingerprint density at radius 3 is 2.38 bits per heavy atom. The molecule has 0 radical (unpaired) electrons. The van der Waals surface area contributed by atoms with E-state index in [9.17, 15) is 4.79 Å². The Hall–Kier alpha value is -0.360. The molecule has 2 aliphatic rings. The standard InChI is InChI=1S/C14H17BrClN3O.ClH/c15-9-5-6-10(18-13(9)16)19-14(20)12(17)11(7-1-2-7)8-3-4-8;/h5-8,11-12H,1-4,17H2,(H,18,19,20);1H/t12-;/m0./s1. The molecule has 0 unspecified atom stereocenters. The molecule has 0 bridgehead atoms. The van der Waals surface area contributed by atoms with Crippen molar-refractivity contribution in [2.75, 3.05) is 5.32 Å². The van der Waals surface area contributed by atoms with E-state index in [1.165, 1.54) is 25.7 Å². The van der Waals surface area contributed by atoms with Crippen LogP contribution >= 0.6 is 39.9 Å². The second-order valence-corrected chi connectivity index (χ2v) is 6.95. The van der Waals surface area contributed by atoms with E-state index >= 15 is 0 Å². The van der Waals surface area contributed by atoms with Gasteiger partial charge in [-0.2, -0.15) is 0 Å². The number of carbonyl (C=O) groups excluding carboxylic acids is 1. The first-order valence-corrected chi connectivity index (χ1v) is 8.12. The van der Waals surface area contributed by atoms with Crippen molar-refractivity contribution in [3.05, 3.63) is 21.8 Å². The monoisotopic (exact) mass is 393 g/mol. The molecule has 7 heteroatoms. The number of rotatable bonds is 5. The first-order chi connectivity index (χ1) is 9.56. The zero-order valence-corrected chi connectivity index (χ0v) is 14.5. The Morgan fingerprint density at radius 2 is 1.90 bits per heavy atom. The van der Waals surface area contributed by atoms with Crippen molar-refractivity contribution in [2.24, 2.45) is 23.5 Å². The fraction of sp³-hybridized carbons (Fsp3) is 0.571. The van der Waals surface area contributed by atoms with Crippen LogP contribution in [0.15, 0.2) is 16.6 Å². The minimum Gasteiger partial charge on any atom is -0.320 e. The fourth-order valence-electron chi connectivity index (χ4n) is 2.80. The Labute approximate surface area is 143 Å². The number of hydrogen-bond acceptors (Lipinski definition) is 3. The van der Waals surface area contributed by atoms with Gasteiger partial charge in [-0.05, 0) is 71.5 Å². The van der Waals surface area contributed by atoms with E-state index in [1.807, 2.05) is 0 Å². The first-order valence-electron chi connectivity index (χ1n) is 6.94. The van der Waals surface area contributed by atoms with Crippen LogP contribution in [0.25, 0.3) is 0 Å². The normalized spacial score (nSPS) is 19.0. The van der Waals surface area contributed by atoms with E-state index in [-0.39, 0.29) is 18.3 Å². The van der Waals surface area contributed by atoms with Gasteiger partial charge in [0.25, 0.3) is 0 Å². The van der Waals surface area contributed by atoms with Gasteiger partial charge in [0.15, 0.2) is 0 Å². The molecule has 21 heavy (non-hydrogen) atoms. The van der Waals surface area contributed by atoms with Crippen molar-refractivity contribution in [1.82, 2.24) is 4.98 Å². The van der Waals surface area contributed by atoms with Gasteiger partial charge in [-0.3, -0.25) is 4.79 Å². The number of pyridine rings is 1. The highest BCUT2D eigenvalue weighted by Gasteiger charge is 2.46. The lowest BCUT2D eigenvalue weighted by atomic mass is 9.89. The third-order valence-electron chi connectivity index (χ3n) is 4.10. The maximum absolute atomic E-state index is 12.3. The third-order valence-corrected chi connectivity index (χ3v) is 5.26. The van der Waals surface area contributed by atoms with Crippen molar-refractivity contribution in [3.8, 4) is 0 Å². The molecule has 1 atom stereocenters. The molecule has 3 N–H and O–H groups in total. The molecule has 1 aromatic rings. The topological polar surface area (TPSA) is 68.0 Å². The summed E-state index contributed by atoms with van der Waals surface area (Å²) in [7, 11) is 0. The molecular weight excluding hydrogens is 377 g/mol. The predicted molar refractivity (Wildman–Crippen MR) is 89.7 cm³/mol. The SMILES string of the molecule is Cl.N[C@H](C(=O)Nc1ccc(Br)c(Cl)n1)C(C1CC1)C1CC1. The number of carbonyl (C=O) groups is 1. The lowest BCUT2D eigenvalue weighted by Crippen LogP contribution is -2.43. The summed E-state index contributed by atoms with van der Waals surface area (Å²) in [5, 5.41) is 3.11. The Morgan fingerprint density at radius 1 is 1.33 bits per heavy atom. The fourth-order valence-corrected chi connectivity index (χ4v) is 3.18. The van der Waals surface area contributed by atoms with Crippen LogP contribution in [0.4, 0.5) is 5.82 Å². The Kier molecular flexibility index (Phi) is 5.52. The van der Waals surface area contributed by atoms with Crippen LogP contribution in [0.2, 0.25) is 5.15 Å². The molecule has 2 fully saturated rings. The van der Waals surface area contributed by atoms with Crippen molar-refractivity contribution < 1.29 is 4.79 Å². The van der Waals surface area contributed by atoms with Gasteiger partial charge >= 0.3 is 0 Å². The summed E-state index contributed by atoms with van der Waals surface area (Å²) in [6, 6.07) is 3.03. The highest BCUT2D eigenvalue weighted by Crippen LogP contribution is 2.50. The first kappa shape index (κ1) is 17.0. The molecule has 0 aliphatic heterocycles. The second kappa shape index (κ2) is 6.82. The van der Waals surface area contributed by atoms with Crippen LogP contribution in [-0.2, 0) is 4.79 Å². The summed E-state index contributed by atoms with van der Waals surface area (Å²) in [5.74, 6) is 1.92. The highest BCUT2D eigenvalue weighted by atomic mass is 79.9. The summed E-state index contributed by atoms with van der Waals surface area (Å²) in [5.41, 5.74) is 6.18. The molecule has 4 nitrogen and oxygen atoms in total. The Balaban J connectivity index is 0.00000161. The molecule has 1 amide bonds.